The van der Waals surface area contributed by atoms with Crippen LogP contribution in [0.2, 0.25) is 0 Å². The van der Waals surface area contributed by atoms with Gasteiger partial charge in [0.15, 0.2) is 6.07 Å². The molecule has 0 aromatic rings. The molecule has 0 aromatic heterocycles. The molecule has 1 nitrogen and oxygen atoms in total. The van der Waals surface area contributed by atoms with E-state index in [2.05, 4.69) is 38.3 Å². The first-order valence-electron chi connectivity index (χ1n) is 8.33. The number of hydrogen-bond acceptors (Lipinski definition) is 1. The van der Waals surface area contributed by atoms with Crippen molar-refractivity contribution < 1.29 is 0 Å². The second-order valence-electron chi connectivity index (χ2n) is 7.46. The van der Waals surface area contributed by atoms with Gasteiger partial charge in [-0.1, -0.05) is 38.0 Å². The van der Waals surface area contributed by atoms with Crippen LogP contribution in [0.25, 0.3) is 0 Å². The maximum absolute atomic E-state index is 8.90. The van der Waals surface area contributed by atoms with Gasteiger partial charge in [-0.3, -0.25) is 0 Å². The Balaban J connectivity index is 2.06. The second-order valence-corrected chi connectivity index (χ2v) is 7.46. The van der Waals surface area contributed by atoms with Gasteiger partial charge in [-0.25, -0.2) is 0 Å². The molecule has 110 valence electrons. The zero-order chi connectivity index (χ0) is 15.1. The number of rotatable bonds is 0. The van der Waals surface area contributed by atoms with Crippen molar-refractivity contribution in [2.24, 2.45) is 22.7 Å². The molecule has 4 atom stereocenters. The van der Waals surface area contributed by atoms with Crippen molar-refractivity contribution in [2.45, 2.75) is 58.8 Å². The van der Waals surface area contributed by atoms with Crippen molar-refractivity contribution in [2.75, 3.05) is 0 Å². The topological polar surface area (TPSA) is 23.8 Å². The van der Waals surface area contributed by atoms with Gasteiger partial charge in [0.2, 0.25) is 0 Å². The highest BCUT2D eigenvalue weighted by Crippen LogP contribution is 2.63. The Morgan fingerprint density at radius 2 is 2.14 bits per heavy atom. The summed E-state index contributed by atoms with van der Waals surface area (Å²) in [5.74, 6) is 7.43. The van der Waals surface area contributed by atoms with Gasteiger partial charge in [0.05, 0.1) is 5.41 Å². The standard InChI is InChI=1S/C20H25N/c1-15-8-12-19(3)17(16(15)2)9-13-20(11-6-14-21)10-5-4-7-18(19)20/h7,16-17H,1,4-5,8-10,12-13H2,2-3H3. The van der Waals surface area contributed by atoms with Gasteiger partial charge in [-0.2, -0.15) is 5.26 Å². The van der Waals surface area contributed by atoms with Gasteiger partial charge in [0.1, 0.15) is 0 Å². The molecular formula is C20H25N. The van der Waals surface area contributed by atoms with Gasteiger partial charge >= 0.3 is 0 Å². The predicted molar refractivity (Wildman–Crippen MR) is 86.1 cm³/mol. The van der Waals surface area contributed by atoms with Gasteiger partial charge in [0, 0.05) is 5.92 Å². The van der Waals surface area contributed by atoms with Crippen molar-refractivity contribution in [3.63, 3.8) is 0 Å². The molecule has 0 aromatic carbocycles. The van der Waals surface area contributed by atoms with Crippen molar-refractivity contribution in [3.05, 3.63) is 23.8 Å². The van der Waals surface area contributed by atoms with Crippen LogP contribution in [0.3, 0.4) is 0 Å². The van der Waals surface area contributed by atoms with Crippen LogP contribution in [0.5, 0.6) is 0 Å². The fourth-order valence-electron chi connectivity index (χ4n) is 5.33. The highest BCUT2D eigenvalue weighted by molar-refractivity contribution is 5.40. The highest BCUT2D eigenvalue weighted by Gasteiger charge is 2.54. The number of hydrogen-bond donors (Lipinski definition) is 0. The quantitative estimate of drug-likeness (QED) is 0.451. The zero-order valence-electron chi connectivity index (χ0n) is 13.3. The average molecular weight is 279 g/mol. The molecule has 3 rings (SSSR count). The number of allylic oxidation sites excluding steroid dienone is 3. The Kier molecular flexibility index (Phi) is 3.49. The average Bonchev–Trinajstić information content (AvgIpc) is 2.50. The summed E-state index contributed by atoms with van der Waals surface area (Å²) in [6.07, 6.45) is 10.7. The lowest BCUT2D eigenvalue weighted by Crippen LogP contribution is -2.48. The van der Waals surface area contributed by atoms with E-state index in [9.17, 15) is 0 Å². The minimum Gasteiger partial charge on any atom is -0.183 e. The molecule has 4 unspecified atom stereocenters. The lowest BCUT2D eigenvalue weighted by atomic mass is 9.46. The van der Waals surface area contributed by atoms with E-state index in [1.54, 1.807) is 5.57 Å². The minimum absolute atomic E-state index is 0.00236. The zero-order valence-corrected chi connectivity index (χ0v) is 13.3. The Bertz CT molecular complexity index is 594. The van der Waals surface area contributed by atoms with Crippen LogP contribution in [0.1, 0.15) is 58.8 Å². The summed E-state index contributed by atoms with van der Waals surface area (Å²) in [5, 5.41) is 8.90. The molecule has 1 heteroatoms. The third-order valence-corrected chi connectivity index (χ3v) is 6.56. The summed E-state index contributed by atoms with van der Waals surface area (Å²) >= 11 is 0. The van der Waals surface area contributed by atoms with E-state index in [1.165, 1.54) is 31.3 Å². The Morgan fingerprint density at radius 3 is 2.90 bits per heavy atom. The number of fused-ring (bicyclic) bond motifs is 3. The van der Waals surface area contributed by atoms with Gasteiger partial charge in [-0.15, -0.1) is 0 Å². The molecule has 0 radical (unpaired) electrons. The SMILES string of the molecule is C=C1CCC2(C)C3=CCCCC3(C#CC#N)CCC2C1C. The van der Waals surface area contributed by atoms with E-state index in [4.69, 9.17) is 5.26 Å². The second kappa shape index (κ2) is 5.06. The smallest absolute Gasteiger partial charge is 0.152 e. The molecular weight excluding hydrogens is 254 g/mol. The van der Waals surface area contributed by atoms with Crippen LogP contribution in [0.4, 0.5) is 0 Å². The molecule has 3 aliphatic rings. The van der Waals surface area contributed by atoms with Crippen LogP contribution in [0, 0.1) is 45.8 Å². The van der Waals surface area contributed by atoms with Gasteiger partial charge < -0.3 is 0 Å². The summed E-state index contributed by atoms with van der Waals surface area (Å²) in [6.45, 7) is 9.12. The Labute approximate surface area is 129 Å². The molecule has 0 aliphatic heterocycles. The van der Waals surface area contributed by atoms with E-state index in [1.807, 2.05) is 6.07 Å². The molecule has 0 saturated heterocycles. The first-order valence-corrected chi connectivity index (χ1v) is 8.33. The molecule has 2 fully saturated rings. The maximum Gasteiger partial charge on any atom is 0.152 e. The molecule has 3 aliphatic carbocycles. The normalized spacial score (nSPS) is 41.8. The molecule has 0 heterocycles. The van der Waals surface area contributed by atoms with Gasteiger partial charge in [0.25, 0.3) is 0 Å². The van der Waals surface area contributed by atoms with Crippen molar-refractivity contribution >= 4 is 0 Å². The van der Waals surface area contributed by atoms with E-state index >= 15 is 0 Å². The highest BCUT2D eigenvalue weighted by atomic mass is 14.6. The summed E-state index contributed by atoms with van der Waals surface area (Å²) in [4.78, 5) is 0. The van der Waals surface area contributed by atoms with E-state index < -0.39 is 0 Å². The third kappa shape index (κ3) is 2.06. The summed E-state index contributed by atoms with van der Waals surface area (Å²) in [7, 11) is 0. The summed E-state index contributed by atoms with van der Waals surface area (Å²) < 4.78 is 0. The number of nitriles is 1. The first-order chi connectivity index (χ1) is 10.0. The Morgan fingerprint density at radius 1 is 1.33 bits per heavy atom. The van der Waals surface area contributed by atoms with E-state index in [-0.39, 0.29) is 10.8 Å². The fourth-order valence-corrected chi connectivity index (χ4v) is 5.33. The largest absolute Gasteiger partial charge is 0.183 e. The third-order valence-electron chi connectivity index (χ3n) is 6.56. The summed E-state index contributed by atoms with van der Waals surface area (Å²) in [6, 6.07) is 2.04. The fraction of sp³-hybridized carbons (Fsp3) is 0.650. The van der Waals surface area contributed by atoms with Crippen molar-refractivity contribution in [1.29, 1.82) is 5.26 Å². The summed E-state index contributed by atoms with van der Waals surface area (Å²) in [5.41, 5.74) is 3.27. The van der Waals surface area contributed by atoms with Crippen LogP contribution in [0.15, 0.2) is 23.8 Å². The minimum atomic E-state index is -0.00236. The molecule has 2 saturated carbocycles. The molecule has 0 amide bonds. The van der Waals surface area contributed by atoms with Crippen molar-refractivity contribution in [1.82, 2.24) is 0 Å². The number of nitrogens with zero attached hydrogens (tertiary/aromatic N) is 1. The Hall–Kier alpha value is -1.47. The van der Waals surface area contributed by atoms with Crippen LogP contribution in [-0.2, 0) is 0 Å². The maximum atomic E-state index is 8.90. The lowest BCUT2D eigenvalue weighted by molar-refractivity contribution is 0.0561. The molecule has 0 spiro atoms. The monoisotopic (exact) mass is 279 g/mol. The predicted octanol–water partition coefficient (Wildman–Crippen LogP) is 5.01. The molecule has 0 bridgehead atoms. The van der Waals surface area contributed by atoms with Gasteiger partial charge in [-0.05, 0) is 67.8 Å². The van der Waals surface area contributed by atoms with Crippen molar-refractivity contribution in [3.8, 4) is 17.9 Å². The van der Waals surface area contributed by atoms with Crippen LogP contribution >= 0.6 is 0 Å². The molecule has 21 heavy (non-hydrogen) atoms. The first kappa shape index (κ1) is 14.5. The van der Waals surface area contributed by atoms with Crippen LogP contribution < -0.4 is 0 Å². The molecule has 0 N–H and O–H groups in total. The van der Waals surface area contributed by atoms with E-state index in [0.29, 0.717) is 11.8 Å². The lowest BCUT2D eigenvalue weighted by Gasteiger charge is -2.57. The van der Waals surface area contributed by atoms with E-state index in [0.717, 1.165) is 19.3 Å². The van der Waals surface area contributed by atoms with Crippen LogP contribution in [-0.4, -0.2) is 0 Å².